The van der Waals surface area contributed by atoms with Crippen LogP contribution in [0.25, 0.3) is 0 Å². The first kappa shape index (κ1) is 14.3. The van der Waals surface area contributed by atoms with Crippen LogP contribution in [0.5, 0.6) is 0 Å². The molecule has 0 bridgehead atoms. The monoisotopic (exact) mass is 252 g/mol. The van der Waals surface area contributed by atoms with Crippen LogP contribution in [0.1, 0.15) is 59.8 Å². The van der Waals surface area contributed by atoms with E-state index in [9.17, 15) is 0 Å². The average Bonchev–Trinajstić information content (AvgIpc) is 2.31. The minimum absolute atomic E-state index is 0.295. The summed E-state index contributed by atoms with van der Waals surface area (Å²) >= 11 is 0. The summed E-state index contributed by atoms with van der Waals surface area (Å²) in [6.07, 6.45) is 7.12. The van der Waals surface area contributed by atoms with Gasteiger partial charge in [-0.25, -0.2) is 0 Å². The Labute approximate surface area is 114 Å². The van der Waals surface area contributed by atoms with Gasteiger partial charge in [-0.2, -0.15) is 0 Å². The molecule has 1 heterocycles. The lowest BCUT2D eigenvalue weighted by Crippen LogP contribution is -2.62. The second-order valence-corrected chi connectivity index (χ2v) is 7.28. The van der Waals surface area contributed by atoms with Crippen molar-refractivity contribution in [2.45, 2.75) is 71.4 Å². The number of nitrogens with one attached hydrogen (secondary N) is 1. The van der Waals surface area contributed by atoms with Crippen molar-refractivity contribution < 1.29 is 0 Å². The van der Waals surface area contributed by atoms with Gasteiger partial charge in [0.05, 0.1) is 0 Å². The van der Waals surface area contributed by atoms with Gasteiger partial charge >= 0.3 is 0 Å². The lowest BCUT2D eigenvalue weighted by atomic mass is 9.79. The fourth-order valence-electron chi connectivity index (χ4n) is 3.80. The van der Waals surface area contributed by atoms with E-state index < -0.39 is 0 Å². The van der Waals surface area contributed by atoms with Crippen LogP contribution in [0.4, 0.5) is 0 Å². The normalized spacial score (nSPS) is 37.7. The smallest absolute Gasteiger partial charge is 0.0252 e. The zero-order valence-corrected chi connectivity index (χ0v) is 12.8. The first-order chi connectivity index (χ1) is 8.52. The van der Waals surface area contributed by atoms with Crippen molar-refractivity contribution in [1.82, 2.24) is 10.2 Å². The molecule has 106 valence electrons. The molecule has 18 heavy (non-hydrogen) atoms. The van der Waals surface area contributed by atoms with Gasteiger partial charge in [-0.15, -0.1) is 0 Å². The SMILES string of the molecule is CCC1CNC(C)(C)CN1CC1CCCCC1C. The summed E-state index contributed by atoms with van der Waals surface area (Å²) in [5, 5.41) is 3.70. The molecule has 0 amide bonds. The maximum atomic E-state index is 3.70. The Balaban J connectivity index is 1.95. The Kier molecular flexibility index (Phi) is 4.71. The van der Waals surface area contributed by atoms with Crippen LogP contribution in [0, 0.1) is 11.8 Å². The van der Waals surface area contributed by atoms with E-state index in [1.165, 1.54) is 51.7 Å². The summed E-state index contributed by atoms with van der Waals surface area (Å²) < 4.78 is 0. The zero-order valence-electron chi connectivity index (χ0n) is 12.8. The molecule has 2 heteroatoms. The van der Waals surface area contributed by atoms with Gasteiger partial charge in [-0.05, 0) is 38.5 Å². The third-order valence-corrected chi connectivity index (χ3v) is 5.16. The van der Waals surface area contributed by atoms with Crippen LogP contribution >= 0.6 is 0 Å². The molecule has 0 radical (unpaired) electrons. The molecule has 2 nitrogen and oxygen atoms in total. The molecule has 0 aromatic carbocycles. The summed E-state index contributed by atoms with van der Waals surface area (Å²) in [4.78, 5) is 2.78. The number of hydrogen-bond donors (Lipinski definition) is 1. The maximum Gasteiger partial charge on any atom is 0.0252 e. The van der Waals surface area contributed by atoms with E-state index in [2.05, 4.69) is 37.9 Å². The topological polar surface area (TPSA) is 15.3 Å². The van der Waals surface area contributed by atoms with Crippen molar-refractivity contribution in [3.05, 3.63) is 0 Å². The molecule has 3 atom stereocenters. The van der Waals surface area contributed by atoms with Crippen molar-refractivity contribution in [2.75, 3.05) is 19.6 Å². The first-order valence-corrected chi connectivity index (χ1v) is 8.01. The van der Waals surface area contributed by atoms with E-state index in [-0.39, 0.29) is 0 Å². The fourth-order valence-corrected chi connectivity index (χ4v) is 3.80. The highest BCUT2D eigenvalue weighted by Crippen LogP contribution is 2.31. The van der Waals surface area contributed by atoms with Crippen LogP contribution in [-0.4, -0.2) is 36.1 Å². The summed E-state index contributed by atoms with van der Waals surface area (Å²) in [6.45, 7) is 13.2. The number of rotatable bonds is 3. The molecule has 1 aliphatic heterocycles. The van der Waals surface area contributed by atoms with E-state index >= 15 is 0 Å². The average molecular weight is 252 g/mol. The zero-order chi connectivity index (χ0) is 13.2. The van der Waals surface area contributed by atoms with Crippen LogP contribution in [0.15, 0.2) is 0 Å². The summed E-state index contributed by atoms with van der Waals surface area (Å²) in [5.74, 6) is 1.89. The van der Waals surface area contributed by atoms with Crippen molar-refractivity contribution >= 4 is 0 Å². The van der Waals surface area contributed by atoms with Crippen LogP contribution < -0.4 is 5.32 Å². The number of hydrogen-bond acceptors (Lipinski definition) is 2. The minimum atomic E-state index is 0.295. The summed E-state index contributed by atoms with van der Waals surface area (Å²) in [5.41, 5.74) is 0.295. The Hall–Kier alpha value is -0.0800. The van der Waals surface area contributed by atoms with Crippen LogP contribution in [-0.2, 0) is 0 Å². The third-order valence-electron chi connectivity index (χ3n) is 5.16. The van der Waals surface area contributed by atoms with E-state index in [1.807, 2.05) is 0 Å². The number of piperazine rings is 1. The van der Waals surface area contributed by atoms with Gasteiger partial charge in [0, 0.05) is 31.2 Å². The molecule has 1 saturated heterocycles. The second kappa shape index (κ2) is 5.92. The highest BCUT2D eigenvalue weighted by Gasteiger charge is 2.34. The minimum Gasteiger partial charge on any atom is -0.309 e. The predicted molar refractivity (Wildman–Crippen MR) is 78.9 cm³/mol. The van der Waals surface area contributed by atoms with Crippen molar-refractivity contribution in [2.24, 2.45) is 11.8 Å². The second-order valence-electron chi connectivity index (χ2n) is 7.28. The molecule has 1 aliphatic carbocycles. The van der Waals surface area contributed by atoms with Gasteiger partial charge in [0.25, 0.3) is 0 Å². The lowest BCUT2D eigenvalue weighted by molar-refractivity contribution is 0.0579. The molecule has 2 aliphatic rings. The Morgan fingerprint density at radius 1 is 1.22 bits per heavy atom. The van der Waals surface area contributed by atoms with Crippen molar-refractivity contribution in [1.29, 1.82) is 0 Å². The molecule has 0 aromatic heterocycles. The predicted octanol–water partition coefficient (Wildman–Crippen LogP) is 3.28. The van der Waals surface area contributed by atoms with Gasteiger partial charge in [0.2, 0.25) is 0 Å². The molecule has 0 spiro atoms. The standard InChI is InChI=1S/C16H32N2/c1-5-15-10-17-16(3,4)12-18(15)11-14-9-7-6-8-13(14)2/h13-15,17H,5-12H2,1-4H3. The van der Waals surface area contributed by atoms with Gasteiger partial charge in [-0.1, -0.05) is 33.1 Å². The third kappa shape index (κ3) is 3.48. The lowest BCUT2D eigenvalue weighted by Gasteiger charge is -2.46. The molecular weight excluding hydrogens is 220 g/mol. The molecule has 3 unspecified atom stereocenters. The van der Waals surface area contributed by atoms with E-state index in [4.69, 9.17) is 0 Å². The van der Waals surface area contributed by atoms with Gasteiger partial charge in [-0.3, -0.25) is 4.90 Å². The molecule has 1 N–H and O–H groups in total. The largest absolute Gasteiger partial charge is 0.309 e. The first-order valence-electron chi connectivity index (χ1n) is 8.01. The highest BCUT2D eigenvalue weighted by atomic mass is 15.2. The summed E-state index contributed by atoms with van der Waals surface area (Å²) in [6, 6.07) is 0.757. The molecule has 2 fully saturated rings. The summed E-state index contributed by atoms with van der Waals surface area (Å²) in [7, 11) is 0. The van der Waals surface area contributed by atoms with Crippen LogP contribution in [0.3, 0.4) is 0 Å². The molecule has 0 aromatic rings. The maximum absolute atomic E-state index is 3.70. The van der Waals surface area contributed by atoms with Crippen molar-refractivity contribution in [3.63, 3.8) is 0 Å². The van der Waals surface area contributed by atoms with Crippen LogP contribution in [0.2, 0.25) is 0 Å². The quantitative estimate of drug-likeness (QED) is 0.829. The van der Waals surface area contributed by atoms with Crippen molar-refractivity contribution in [3.8, 4) is 0 Å². The molecular formula is C16H32N2. The van der Waals surface area contributed by atoms with E-state index in [1.54, 1.807) is 0 Å². The molecule has 2 rings (SSSR count). The Morgan fingerprint density at radius 2 is 1.94 bits per heavy atom. The molecule has 1 saturated carbocycles. The van der Waals surface area contributed by atoms with Gasteiger partial charge in [0.1, 0.15) is 0 Å². The Bertz CT molecular complexity index is 262. The van der Waals surface area contributed by atoms with E-state index in [0.717, 1.165) is 17.9 Å². The van der Waals surface area contributed by atoms with Gasteiger partial charge < -0.3 is 5.32 Å². The Morgan fingerprint density at radius 3 is 2.61 bits per heavy atom. The highest BCUT2D eigenvalue weighted by molar-refractivity contribution is 4.93. The van der Waals surface area contributed by atoms with Gasteiger partial charge in [0.15, 0.2) is 0 Å². The fraction of sp³-hybridized carbons (Fsp3) is 1.00. The van der Waals surface area contributed by atoms with E-state index in [0.29, 0.717) is 5.54 Å². The number of nitrogens with zero attached hydrogens (tertiary/aromatic N) is 1.